The van der Waals surface area contributed by atoms with Crippen LogP contribution in [0, 0.1) is 0 Å². The van der Waals surface area contributed by atoms with Crippen molar-refractivity contribution < 1.29 is 14.6 Å². The lowest BCUT2D eigenvalue weighted by molar-refractivity contribution is -0.138. The van der Waals surface area contributed by atoms with Crippen LogP contribution in [0.3, 0.4) is 0 Å². The van der Waals surface area contributed by atoms with Gasteiger partial charge in [-0.25, -0.2) is 0 Å². The first-order chi connectivity index (χ1) is 7.06. The third-order valence-corrected chi connectivity index (χ3v) is 2.57. The fraction of sp³-hybridized carbons (Fsp3) is 0.300. The lowest BCUT2D eigenvalue weighted by atomic mass is 10.1. The molecular weight excluding hydrogens is 239 g/mol. The van der Waals surface area contributed by atoms with Gasteiger partial charge in [-0.3, -0.25) is 4.79 Å². The molecule has 5 heteroatoms. The third-order valence-electron chi connectivity index (χ3n) is 1.99. The summed E-state index contributed by atoms with van der Waals surface area (Å²) in [6.07, 6.45) is -1.65. The summed E-state index contributed by atoms with van der Waals surface area (Å²) in [6, 6.07) is 4.74. The van der Waals surface area contributed by atoms with Crippen LogP contribution in [0.4, 0.5) is 0 Å². The zero-order valence-corrected chi connectivity index (χ0v) is 9.50. The summed E-state index contributed by atoms with van der Waals surface area (Å²) in [5.74, 6) is 0. The van der Waals surface area contributed by atoms with Gasteiger partial charge in [-0.2, -0.15) is 0 Å². The highest BCUT2D eigenvalue weighted by Crippen LogP contribution is 2.28. The molecule has 0 spiro atoms. The highest BCUT2D eigenvalue weighted by Gasteiger charge is 2.20. The van der Waals surface area contributed by atoms with Crippen molar-refractivity contribution in [3.05, 3.63) is 33.8 Å². The van der Waals surface area contributed by atoms with Gasteiger partial charge in [-0.1, -0.05) is 23.2 Å². The van der Waals surface area contributed by atoms with Crippen LogP contribution >= 0.6 is 23.2 Å². The molecule has 15 heavy (non-hydrogen) atoms. The molecule has 82 valence electrons. The Morgan fingerprint density at radius 2 is 2.13 bits per heavy atom. The summed E-state index contributed by atoms with van der Waals surface area (Å²) in [4.78, 5) is 10.1. The molecular formula is C10H10Cl2O3. The topological polar surface area (TPSA) is 46.5 Å². The van der Waals surface area contributed by atoms with E-state index < -0.39 is 12.2 Å². The largest absolute Gasteiger partial charge is 0.462 e. The summed E-state index contributed by atoms with van der Waals surface area (Å²) < 4.78 is 4.62. The Labute approximate surface area is 97.6 Å². The standard InChI is InChI=1S/C10H10Cl2O3/c1-6(15-5-13)10(14)8-4-7(11)2-3-9(8)12/h2-6,10,14H,1H3. The number of carbonyl (C=O) groups excluding carboxylic acids is 1. The maximum atomic E-state index is 10.1. The van der Waals surface area contributed by atoms with E-state index in [1.807, 2.05) is 0 Å². The van der Waals surface area contributed by atoms with Crippen LogP contribution in [0.5, 0.6) is 0 Å². The Hall–Kier alpha value is -0.770. The molecule has 2 atom stereocenters. The van der Waals surface area contributed by atoms with Crippen LogP contribution in [0.15, 0.2) is 18.2 Å². The predicted octanol–water partition coefficient (Wildman–Crippen LogP) is 2.59. The van der Waals surface area contributed by atoms with E-state index in [1.54, 1.807) is 25.1 Å². The normalized spacial score (nSPS) is 14.4. The molecule has 0 fully saturated rings. The van der Waals surface area contributed by atoms with Crippen molar-refractivity contribution in [2.24, 2.45) is 0 Å². The zero-order valence-electron chi connectivity index (χ0n) is 7.98. The minimum atomic E-state index is -0.985. The molecule has 2 unspecified atom stereocenters. The van der Waals surface area contributed by atoms with Gasteiger partial charge >= 0.3 is 0 Å². The first-order valence-corrected chi connectivity index (χ1v) is 5.04. The third kappa shape index (κ3) is 3.09. The number of aliphatic hydroxyl groups excluding tert-OH is 1. The second-order valence-corrected chi connectivity index (χ2v) is 3.89. The number of ether oxygens (including phenoxy) is 1. The van der Waals surface area contributed by atoms with E-state index in [-0.39, 0.29) is 6.47 Å². The van der Waals surface area contributed by atoms with Gasteiger partial charge in [0.05, 0.1) is 0 Å². The quantitative estimate of drug-likeness (QED) is 0.834. The summed E-state index contributed by atoms with van der Waals surface area (Å²) in [5, 5.41) is 10.6. The molecule has 1 N–H and O–H groups in total. The van der Waals surface area contributed by atoms with Gasteiger partial charge in [0.2, 0.25) is 0 Å². The number of rotatable bonds is 4. The second-order valence-electron chi connectivity index (χ2n) is 3.05. The van der Waals surface area contributed by atoms with Crippen LogP contribution in [0.2, 0.25) is 10.0 Å². The van der Waals surface area contributed by atoms with Gasteiger partial charge in [-0.15, -0.1) is 0 Å². The van der Waals surface area contributed by atoms with Gasteiger partial charge in [0.15, 0.2) is 0 Å². The van der Waals surface area contributed by atoms with E-state index >= 15 is 0 Å². The molecule has 1 aromatic rings. The Morgan fingerprint density at radius 3 is 2.73 bits per heavy atom. The van der Waals surface area contributed by atoms with Gasteiger partial charge in [-0.05, 0) is 25.1 Å². The van der Waals surface area contributed by atoms with Crippen LogP contribution in [0.1, 0.15) is 18.6 Å². The van der Waals surface area contributed by atoms with Crippen molar-refractivity contribution >= 4 is 29.7 Å². The predicted molar refractivity (Wildman–Crippen MR) is 58.0 cm³/mol. The molecule has 0 bridgehead atoms. The fourth-order valence-electron chi connectivity index (χ4n) is 1.16. The first-order valence-electron chi connectivity index (χ1n) is 4.28. The minimum Gasteiger partial charge on any atom is -0.462 e. The maximum Gasteiger partial charge on any atom is 0.293 e. The molecule has 0 saturated heterocycles. The molecule has 0 aliphatic heterocycles. The molecule has 0 radical (unpaired) electrons. The number of aliphatic hydroxyl groups is 1. The van der Waals surface area contributed by atoms with Crippen molar-refractivity contribution in [3.63, 3.8) is 0 Å². The van der Waals surface area contributed by atoms with Crippen molar-refractivity contribution in [1.29, 1.82) is 0 Å². The second kappa shape index (κ2) is 5.35. The van der Waals surface area contributed by atoms with Gasteiger partial charge in [0.25, 0.3) is 6.47 Å². The Balaban J connectivity index is 2.94. The average molecular weight is 249 g/mol. The number of benzene rings is 1. The Bertz CT molecular complexity index is 355. The average Bonchev–Trinajstić information content (AvgIpc) is 2.21. The molecule has 1 aromatic carbocycles. The van der Waals surface area contributed by atoms with E-state index in [4.69, 9.17) is 23.2 Å². The van der Waals surface area contributed by atoms with E-state index in [9.17, 15) is 9.90 Å². The molecule has 0 aromatic heterocycles. The molecule has 0 heterocycles. The van der Waals surface area contributed by atoms with E-state index in [0.717, 1.165) is 0 Å². The number of hydrogen-bond acceptors (Lipinski definition) is 3. The van der Waals surface area contributed by atoms with E-state index in [2.05, 4.69) is 4.74 Å². The van der Waals surface area contributed by atoms with Gasteiger partial charge in [0.1, 0.15) is 12.2 Å². The van der Waals surface area contributed by atoms with Gasteiger partial charge in [0, 0.05) is 15.6 Å². The van der Waals surface area contributed by atoms with Crippen LogP contribution in [-0.2, 0) is 9.53 Å². The highest BCUT2D eigenvalue weighted by molar-refractivity contribution is 6.33. The molecule has 0 aliphatic carbocycles. The Morgan fingerprint density at radius 1 is 1.47 bits per heavy atom. The highest BCUT2D eigenvalue weighted by atomic mass is 35.5. The van der Waals surface area contributed by atoms with Crippen LogP contribution < -0.4 is 0 Å². The van der Waals surface area contributed by atoms with E-state index in [1.165, 1.54) is 0 Å². The summed E-state index contributed by atoms with van der Waals surface area (Å²) in [5.41, 5.74) is 0.443. The molecule has 0 amide bonds. The van der Waals surface area contributed by atoms with Crippen molar-refractivity contribution in [2.45, 2.75) is 19.1 Å². The molecule has 0 aliphatic rings. The minimum absolute atomic E-state index is 0.284. The number of carbonyl (C=O) groups is 1. The zero-order chi connectivity index (χ0) is 11.4. The number of halogens is 2. The smallest absolute Gasteiger partial charge is 0.293 e. The van der Waals surface area contributed by atoms with Crippen molar-refractivity contribution in [3.8, 4) is 0 Å². The fourth-order valence-corrected chi connectivity index (χ4v) is 1.57. The molecule has 3 nitrogen and oxygen atoms in total. The van der Waals surface area contributed by atoms with Crippen LogP contribution in [-0.4, -0.2) is 17.7 Å². The van der Waals surface area contributed by atoms with Crippen LogP contribution in [0.25, 0.3) is 0 Å². The molecule has 0 saturated carbocycles. The lowest BCUT2D eigenvalue weighted by Gasteiger charge is -2.18. The van der Waals surface area contributed by atoms with Gasteiger partial charge < -0.3 is 9.84 Å². The summed E-state index contributed by atoms with van der Waals surface area (Å²) >= 11 is 11.6. The summed E-state index contributed by atoms with van der Waals surface area (Å²) in [7, 11) is 0. The maximum absolute atomic E-state index is 10.1. The monoisotopic (exact) mass is 248 g/mol. The lowest BCUT2D eigenvalue weighted by Crippen LogP contribution is -2.18. The number of hydrogen-bond donors (Lipinski definition) is 1. The molecule has 1 rings (SSSR count). The Kier molecular flexibility index (Phi) is 4.39. The first kappa shape index (κ1) is 12.3. The summed E-state index contributed by atoms with van der Waals surface area (Å²) in [6.45, 7) is 1.85. The van der Waals surface area contributed by atoms with Crippen molar-refractivity contribution in [2.75, 3.05) is 0 Å². The van der Waals surface area contributed by atoms with E-state index in [0.29, 0.717) is 15.6 Å². The van der Waals surface area contributed by atoms with Crippen molar-refractivity contribution in [1.82, 2.24) is 0 Å². The SMILES string of the molecule is CC(OC=O)C(O)c1cc(Cl)ccc1Cl.